The summed E-state index contributed by atoms with van der Waals surface area (Å²) in [6, 6.07) is 0. The fourth-order valence-corrected chi connectivity index (χ4v) is 5.74. The molecule has 6 nitrogen and oxygen atoms in total. The van der Waals surface area contributed by atoms with Gasteiger partial charge in [0.15, 0.2) is 6.10 Å². The van der Waals surface area contributed by atoms with Gasteiger partial charge in [-0.1, -0.05) is 175 Å². The molecule has 0 aliphatic carbocycles. The molecule has 0 aromatic heterocycles. The number of hydrogen-bond acceptors (Lipinski definition) is 6. The largest absolute Gasteiger partial charge is 0.462 e. The Hall–Kier alpha value is -3.93. The number of esters is 3. The van der Waals surface area contributed by atoms with Gasteiger partial charge in [0.05, 0.1) is 0 Å². The molecule has 59 heavy (non-hydrogen) atoms. The van der Waals surface area contributed by atoms with Crippen LogP contribution in [0.4, 0.5) is 0 Å². The molecule has 0 radical (unpaired) electrons. The summed E-state index contributed by atoms with van der Waals surface area (Å²) in [4.78, 5) is 37.7. The number of ether oxygens (including phenoxy) is 3. The van der Waals surface area contributed by atoms with Crippen molar-refractivity contribution in [1.29, 1.82) is 0 Å². The van der Waals surface area contributed by atoms with Gasteiger partial charge in [-0.05, 0) is 103 Å². The van der Waals surface area contributed by atoms with E-state index in [0.29, 0.717) is 19.3 Å². The summed E-state index contributed by atoms with van der Waals surface area (Å²) in [7, 11) is 0. The average Bonchev–Trinajstić information content (AvgIpc) is 3.23. The Kier molecular flexibility index (Phi) is 43.6. The van der Waals surface area contributed by atoms with Crippen molar-refractivity contribution >= 4 is 17.9 Å². The summed E-state index contributed by atoms with van der Waals surface area (Å²) < 4.78 is 16.5. The summed E-state index contributed by atoms with van der Waals surface area (Å²) in [5.41, 5.74) is 0. The average molecular weight is 817 g/mol. The fourth-order valence-electron chi connectivity index (χ4n) is 5.74. The van der Waals surface area contributed by atoms with Crippen LogP contribution in [0.15, 0.2) is 109 Å². The van der Waals surface area contributed by atoms with Crippen LogP contribution in [0.5, 0.6) is 0 Å². The third-order valence-electron chi connectivity index (χ3n) is 9.24. The van der Waals surface area contributed by atoms with E-state index in [4.69, 9.17) is 14.2 Å². The molecule has 6 heteroatoms. The van der Waals surface area contributed by atoms with Crippen molar-refractivity contribution in [2.24, 2.45) is 0 Å². The van der Waals surface area contributed by atoms with Gasteiger partial charge in [-0.3, -0.25) is 14.4 Å². The van der Waals surface area contributed by atoms with Crippen LogP contribution in [0.25, 0.3) is 0 Å². The Morgan fingerprint density at radius 2 is 0.695 bits per heavy atom. The zero-order chi connectivity index (χ0) is 43.0. The predicted octanol–water partition coefficient (Wildman–Crippen LogP) is 15.2. The monoisotopic (exact) mass is 817 g/mol. The maximum Gasteiger partial charge on any atom is 0.306 e. The highest BCUT2D eigenvalue weighted by Gasteiger charge is 2.19. The molecule has 1 atom stereocenters. The zero-order valence-corrected chi connectivity index (χ0v) is 37.7. The van der Waals surface area contributed by atoms with Crippen molar-refractivity contribution in [3.63, 3.8) is 0 Å². The van der Waals surface area contributed by atoms with Crippen LogP contribution in [-0.4, -0.2) is 37.2 Å². The molecule has 0 aromatic carbocycles. The molecule has 0 saturated carbocycles. The molecule has 0 N–H and O–H groups in total. The van der Waals surface area contributed by atoms with Crippen molar-refractivity contribution in [2.45, 2.75) is 194 Å². The SMILES string of the molecule is CC/C=C\C/C=C\C/C=C\CCCC(=O)OCC(COC(=O)CCC/C=C\C/C=C\C/C=C\C/C=C\CCCCC)OC(=O)CC/C=C\C/C=C\CCCCCCCC. The molecule has 0 saturated heterocycles. The third-order valence-corrected chi connectivity index (χ3v) is 9.24. The first-order chi connectivity index (χ1) is 29.0. The highest BCUT2D eigenvalue weighted by molar-refractivity contribution is 5.71. The quantitative estimate of drug-likeness (QED) is 0.0265. The summed E-state index contributed by atoms with van der Waals surface area (Å²) in [5, 5.41) is 0. The summed E-state index contributed by atoms with van der Waals surface area (Å²) in [6.07, 6.45) is 62.4. The Morgan fingerprint density at radius 1 is 0.356 bits per heavy atom. The van der Waals surface area contributed by atoms with Crippen LogP contribution in [0.3, 0.4) is 0 Å². The molecule has 0 bridgehead atoms. The lowest BCUT2D eigenvalue weighted by atomic mass is 10.1. The molecule has 0 aliphatic rings. The molecular weight excluding hydrogens is 733 g/mol. The number of allylic oxidation sites excluding steroid dienone is 18. The Bertz CT molecular complexity index is 1260. The lowest BCUT2D eigenvalue weighted by Crippen LogP contribution is -2.30. The Morgan fingerprint density at radius 3 is 1.14 bits per heavy atom. The molecule has 0 rings (SSSR count). The lowest BCUT2D eigenvalue weighted by Gasteiger charge is -2.18. The second-order valence-corrected chi connectivity index (χ2v) is 14.9. The van der Waals surface area contributed by atoms with Crippen LogP contribution in [0, 0.1) is 0 Å². The summed E-state index contributed by atoms with van der Waals surface area (Å²) in [5.74, 6) is -1.13. The number of unbranched alkanes of at least 4 members (excludes halogenated alkanes) is 11. The lowest BCUT2D eigenvalue weighted by molar-refractivity contribution is -0.166. The molecule has 0 aromatic rings. The minimum atomic E-state index is -0.850. The second kappa shape index (κ2) is 46.8. The zero-order valence-electron chi connectivity index (χ0n) is 37.7. The molecular formula is C53H84O6. The van der Waals surface area contributed by atoms with Gasteiger partial charge in [0, 0.05) is 19.3 Å². The maximum atomic E-state index is 12.7. The van der Waals surface area contributed by atoms with E-state index in [-0.39, 0.29) is 44.4 Å². The van der Waals surface area contributed by atoms with Gasteiger partial charge >= 0.3 is 17.9 Å². The molecule has 1 unspecified atom stereocenters. The van der Waals surface area contributed by atoms with Crippen LogP contribution in [0.2, 0.25) is 0 Å². The Labute approximate surface area is 361 Å². The maximum absolute atomic E-state index is 12.7. The van der Waals surface area contributed by atoms with Gasteiger partial charge in [0.25, 0.3) is 0 Å². The molecule has 0 aliphatic heterocycles. The van der Waals surface area contributed by atoms with Crippen molar-refractivity contribution < 1.29 is 28.6 Å². The van der Waals surface area contributed by atoms with Gasteiger partial charge in [0.2, 0.25) is 0 Å². The van der Waals surface area contributed by atoms with Gasteiger partial charge < -0.3 is 14.2 Å². The highest BCUT2D eigenvalue weighted by Crippen LogP contribution is 2.09. The van der Waals surface area contributed by atoms with E-state index >= 15 is 0 Å². The van der Waals surface area contributed by atoms with Crippen LogP contribution < -0.4 is 0 Å². The molecule has 0 heterocycles. The molecule has 0 fully saturated rings. The first-order valence-electron chi connectivity index (χ1n) is 23.4. The number of carbonyl (C=O) groups excluding carboxylic acids is 3. The second-order valence-electron chi connectivity index (χ2n) is 14.9. The molecule has 0 amide bonds. The van der Waals surface area contributed by atoms with Crippen LogP contribution in [0.1, 0.15) is 188 Å². The van der Waals surface area contributed by atoms with E-state index < -0.39 is 12.1 Å². The Balaban J connectivity index is 4.61. The van der Waals surface area contributed by atoms with Crippen LogP contribution >= 0.6 is 0 Å². The van der Waals surface area contributed by atoms with E-state index in [1.807, 2.05) is 6.08 Å². The van der Waals surface area contributed by atoms with E-state index in [9.17, 15) is 14.4 Å². The summed E-state index contributed by atoms with van der Waals surface area (Å²) in [6.45, 7) is 6.30. The highest BCUT2D eigenvalue weighted by atomic mass is 16.6. The summed E-state index contributed by atoms with van der Waals surface area (Å²) >= 11 is 0. The van der Waals surface area contributed by atoms with Crippen molar-refractivity contribution in [1.82, 2.24) is 0 Å². The first kappa shape index (κ1) is 55.1. The predicted molar refractivity (Wildman–Crippen MR) is 251 cm³/mol. The standard InChI is InChI=1S/C53H84O6/c1-4-7-10-13-16-19-22-24-25-26-27-29-31-34-37-40-43-46-52(55)58-49-50(48-57-51(54)45-42-39-36-33-30-21-18-15-12-9-6-3)59-53(56)47-44-41-38-35-32-28-23-20-17-14-11-8-5-2/h9,12,16,18-19,21,24-25,27-29,32-34,36-38,41,50H,4-8,10-11,13-15,17,20,22-23,26,30-31,35,39-40,42-49H2,1-3H3/b12-9-,19-16-,21-18-,25-24-,29-27-,32-28-,36-33-,37-34-,41-38-. The number of hydrogen-bond donors (Lipinski definition) is 0. The number of rotatable bonds is 40. The van der Waals surface area contributed by atoms with E-state index in [2.05, 4.69) is 124 Å². The van der Waals surface area contributed by atoms with Gasteiger partial charge in [0.1, 0.15) is 13.2 Å². The molecule has 0 spiro atoms. The van der Waals surface area contributed by atoms with Crippen molar-refractivity contribution in [3.05, 3.63) is 109 Å². The van der Waals surface area contributed by atoms with Gasteiger partial charge in [-0.25, -0.2) is 0 Å². The van der Waals surface area contributed by atoms with Gasteiger partial charge in [-0.2, -0.15) is 0 Å². The molecule has 332 valence electrons. The third kappa shape index (κ3) is 45.0. The topological polar surface area (TPSA) is 78.9 Å². The van der Waals surface area contributed by atoms with Crippen molar-refractivity contribution in [3.8, 4) is 0 Å². The smallest absolute Gasteiger partial charge is 0.306 e. The van der Waals surface area contributed by atoms with Crippen molar-refractivity contribution in [2.75, 3.05) is 13.2 Å². The fraction of sp³-hybridized carbons (Fsp3) is 0.604. The van der Waals surface area contributed by atoms with Gasteiger partial charge in [-0.15, -0.1) is 0 Å². The number of carbonyl (C=O) groups is 3. The van der Waals surface area contributed by atoms with E-state index in [1.165, 1.54) is 64.2 Å². The van der Waals surface area contributed by atoms with E-state index in [0.717, 1.165) is 64.2 Å². The van der Waals surface area contributed by atoms with Crippen LogP contribution in [-0.2, 0) is 28.6 Å². The first-order valence-corrected chi connectivity index (χ1v) is 23.4. The minimum Gasteiger partial charge on any atom is -0.462 e. The normalized spacial score (nSPS) is 13.1. The minimum absolute atomic E-state index is 0.146. The van der Waals surface area contributed by atoms with E-state index in [1.54, 1.807) is 0 Å².